The van der Waals surface area contributed by atoms with E-state index >= 15 is 0 Å². The first-order valence-corrected chi connectivity index (χ1v) is 14.4. The van der Waals surface area contributed by atoms with E-state index in [0.717, 1.165) is 76.7 Å². The Labute approximate surface area is 241 Å². The number of hydrogen-bond donors (Lipinski definition) is 0. The maximum atomic E-state index is 14.4. The zero-order valence-corrected chi connectivity index (χ0v) is 24.0. The van der Waals surface area contributed by atoms with Gasteiger partial charge in [-0.3, -0.25) is 14.6 Å². The molecule has 6 rings (SSSR count). The minimum atomic E-state index is -0.0607. The molecule has 0 N–H and O–H groups in total. The summed E-state index contributed by atoms with van der Waals surface area (Å²) in [5, 5.41) is 3.57. The first kappa shape index (κ1) is 27.5. The molecule has 5 aromatic rings. The van der Waals surface area contributed by atoms with Crippen molar-refractivity contribution < 1.29 is 14.3 Å². The predicted molar refractivity (Wildman–Crippen MR) is 162 cm³/mol. The van der Waals surface area contributed by atoms with Crippen LogP contribution >= 0.6 is 35.1 Å². The minimum absolute atomic E-state index is 0. The highest BCUT2D eigenvalue weighted by Crippen LogP contribution is 2.34. The van der Waals surface area contributed by atoms with Crippen LogP contribution in [0.3, 0.4) is 0 Å². The van der Waals surface area contributed by atoms with Crippen molar-refractivity contribution in [2.45, 2.75) is 6.42 Å². The Hall–Kier alpha value is -3.08. The summed E-state index contributed by atoms with van der Waals surface area (Å²) >= 11 is 3.14. The highest BCUT2D eigenvalue weighted by Gasteiger charge is 2.25. The molecule has 0 atom stereocenters. The molecular formula is C29H29ClN4O3S2. The first-order valence-electron chi connectivity index (χ1n) is 12.7. The van der Waals surface area contributed by atoms with Crippen LogP contribution in [-0.4, -0.2) is 67.3 Å². The number of fused-ring (bicyclic) bond motifs is 2. The van der Waals surface area contributed by atoms with Crippen molar-refractivity contribution in [3.63, 3.8) is 0 Å². The minimum Gasteiger partial charge on any atom is -0.497 e. The number of hydrogen-bond acceptors (Lipinski definition) is 8. The van der Waals surface area contributed by atoms with Crippen LogP contribution in [0.1, 0.15) is 16.8 Å². The van der Waals surface area contributed by atoms with Crippen LogP contribution < -0.4 is 9.64 Å². The van der Waals surface area contributed by atoms with E-state index in [9.17, 15) is 4.79 Å². The average Bonchev–Trinajstić information content (AvgIpc) is 3.65. The van der Waals surface area contributed by atoms with Crippen LogP contribution in [-0.2, 0) is 4.74 Å². The molecule has 1 aliphatic heterocycles. The highest BCUT2D eigenvalue weighted by atomic mass is 35.5. The summed E-state index contributed by atoms with van der Waals surface area (Å²) in [5.74, 6) is 0.716. The zero-order valence-electron chi connectivity index (χ0n) is 21.5. The van der Waals surface area contributed by atoms with Crippen molar-refractivity contribution in [1.82, 2.24) is 14.9 Å². The standard InChI is InChI=1S/C29H28N4O3S2.ClH/c1-35-20-9-10-24-27(18-20)38-29(31-24)33(12-5-11-32-13-15-36-16-14-32)28(34)22-19-25(26-8-4-17-37-26)30-23-7-3-2-6-21(22)23;/h2-4,6-10,17-19H,5,11-16H2,1H3;1H. The van der Waals surface area contributed by atoms with Crippen LogP contribution in [0, 0.1) is 0 Å². The first-order chi connectivity index (χ1) is 18.7. The number of morpholine rings is 1. The number of thiophene rings is 1. The molecule has 3 aromatic heterocycles. The molecule has 39 heavy (non-hydrogen) atoms. The molecule has 0 saturated carbocycles. The number of benzene rings is 2. The lowest BCUT2D eigenvalue weighted by molar-refractivity contribution is 0.0376. The number of amides is 1. The van der Waals surface area contributed by atoms with Crippen molar-refractivity contribution in [3.05, 3.63) is 71.6 Å². The summed E-state index contributed by atoms with van der Waals surface area (Å²) in [7, 11) is 1.66. The third-order valence-electron chi connectivity index (χ3n) is 6.74. The Balaban J connectivity index is 0.00000308. The average molecular weight is 581 g/mol. The van der Waals surface area contributed by atoms with Gasteiger partial charge in [-0.25, -0.2) is 9.97 Å². The van der Waals surface area contributed by atoms with Crippen molar-refractivity contribution in [1.29, 1.82) is 0 Å². The molecule has 4 heterocycles. The van der Waals surface area contributed by atoms with Gasteiger partial charge < -0.3 is 9.47 Å². The van der Waals surface area contributed by atoms with Gasteiger partial charge >= 0.3 is 0 Å². The van der Waals surface area contributed by atoms with Crippen LogP contribution in [0.5, 0.6) is 5.75 Å². The van der Waals surface area contributed by atoms with Crippen molar-refractivity contribution in [2.75, 3.05) is 51.4 Å². The van der Waals surface area contributed by atoms with Crippen molar-refractivity contribution in [3.8, 4) is 16.3 Å². The third kappa shape index (κ3) is 5.92. The largest absolute Gasteiger partial charge is 0.497 e. The fourth-order valence-electron chi connectivity index (χ4n) is 4.74. The quantitative estimate of drug-likeness (QED) is 0.212. The number of rotatable bonds is 8. The molecular weight excluding hydrogens is 552 g/mol. The van der Waals surface area contributed by atoms with Gasteiger partial charge in [-0.2, -0.15) is 0 Å². The lowest BCUT2D eigenvalue weighted by Gasteiger charge is -2.28. The number of aromatic nitrogens is 2. The molecule has 0 bridgehead atoms. The van der Waals surface area contributed by atoms with E-state index in [4.69, 9.17) is 19.4 Å². The monoisotopic (exact) mass is 580 g/mol. The van der Waals surface area contributed by atoms with Crippen LogP contribution in [0.15, 0.2) is 66.0 Å². The molecule has 0 aliphatic carbocycles. The highest BCUT2D eigenvalue weighted by molar-refractivity contribution is 7.22. The topological polar surface area (TPSA) is 67.8 Å². The Morgan fingerprint density at radius 2 is 1.90 bits per heavy atom. The third-order valence-corrected chi connectivity index (χ3v) is 8.67. The van der Waals surface area contributed by atoms with E-state index in [-0.39, 0.29) is 18.3 Å². The summed E-state index contributed by atoms with van der Waals surface area (Å²) in [6.07, 6.45) is 0.839. The maximum absolute atomic E-state index is 14.4. The van der Waals surface area contributed by atoms with Gasteiger partial charge in [0.1, 0.15) is 5.75 Å². The molecule has 0 unspecified atom stereocenters. The van der Waals surface area contributed by atoms with Crippen molar-refractivity contribution in [2.24, 2.45) is 0 Å². The maximum Gasteiger partial charge on any atom is 0.260 e. The second-order valence-corrected chi connectivity index (χ2v) is 11.1. The van der Waals surface area contributed by atoms with E-state index in [1.54, 1.807) is 18.4 Å². The molecule has 202 valence electrons. The number of nitrogens with zero attached hydrogens (tertiary/aromatic N) is 4. The number of pyridine rings is 1. The number of carbonyl (C=O) groups is 1. The Morgan fingerprint density at radius 1 is 1.05 bits per heavy atom. The molecule has 1 aliphatic rings. The Kier molecular flexibility index (Phi) is 8.74. The number of para-hydroxylation sites is 1. The number of anilines is 1. The smallest absolute Gasteiger partial charge is 0.260 e. The SMILES string of the molecule is COc1ccc2nc(N(CCCN3CCOCC3)C(=O)c3cc(-c4cccs4)nc4ccccc34)sc2c1.Cl. The van der Waals surface area contributed by atoms with E-state index in [1.165, 1.54) is 11.3 Å². The van der Waals surface area contributed by atoms with E-state index in [1.807, 2.05) is 70.9 Å². The number of ether oxygens (including phenoxy) is 2. The lowest BCUT2D eigenvalue weighted by atomic mass is 10.1. The molecule has 0 radical (unpaired) electrons. The van der Waals surface area contributed by atoms with Gasteiger partial charge in [0.05, 0.1) is 52.2 Å². The van der Waals surface area contributed by atoms with Crippen LogP contribution in [0.2, 0.25) is 0 Å². The van der Waals surface area contributed by atoms with Crippen LogP contribution in [0.4, 0.5) is 5.13 Å². The number of carbonyl (C=O) groups excluding carboxylic acids is 1. The molecule has 0 spiro atoms. The van der Waals surface area contributed by atoms with Gasteiger partial charge in [-0.15, -0.1) is 23.7 Å². The summed E-state index contributed by atoms with van der Waals surface area (Å²) in [6, 6.07) is 19.7. The Bertz CT molecular complexity index is 1570. The second kappa shape index (κ2) is 12.4. The predicted octanol–water partition coefficient (Wildman–Crippen LogP) is 6.37. The van der Waals surface area contributed by atoms with Gasteiger partial charge in [-0.1, -0.05) is 35.6 Å². The summed E-state index contributed by atoms with van der Waals surface area (Å²) in [5.41, 5.74) is 3.12. The van der Waals surface area contributed by atoms with Crippen LogP contribution in [0.25, 0.3) is 31.7 Å². The summed E-state index contributed by atoms with van der Waals surface area (Å²) in [6.45, 7) is 4.84. The van der Waals surface area contributed by atoms with Crippen molar-refractivity contribution >= 4 is 67.2 Å². The molecule has 7 nitrogen and oxygen atoms in total. The van der Waals surface area contributed by atoms with E-state index in [2.05, 4.69) is 4.90 Å². The molecule has 2 aromatic carbocycles. The number of thiazole rings is 1. The molecule has 10 heteroatoms. The molecule has 1 fully saturated rings. The van der Waals surface area contributed by atoms with E-state index < -0.39 is 0 Å². The number of methoxy groups -OCH3 is 1. The summed E-state index contributed by atoms with van der Waals surface area (Å²) in [4.78, 5) is 29.4. The number of halogens is 1. The normalized spacial score (nSPS) is 13.9. The van der Waals surface area contributed by atoms with Gasteiger partial charge in [0, 0.05) is 31.6 Å². The second-order valence-electron chi connectivity index (χ2n) is 9.14. The summed E-state index contributed by atoms with van der Waals surface area (Å²) < 4.78 is 11.9. The lowest BCUT2D eigenvalue weighted by Crippen LogP contribution is -2.39. The zero-order chi connectivity index (χ0) is 25.9. The molecule has 1 amide bonds. The molecule has 1 saturated heterocycles. The van der Waals surface area contributed by atoms with Gasteiger partial charge in [-0.05, 0) is 48.2 Å². The fourth-order valence-corrected chi connectivity index (χ4v) is 6.45. The van der Waals surface area contributed by atoms with E-state index in [0.29, 0.717) is 17.2 Å². The fraction of sp³-hybridized carbons (Fsp3) is 0.276. The Morgan fingerprint density at radius 3 is 2.69 bits per heavy atom. The van der Waals surface area contributed by atoms with Gasteiger partial charge in [0.25, 0.3) is 5.91 Å². The van der Waals surface area contributed by atoms with Gasteiger partial charge in [0.15, 0.2) is 5.13 Å². The van der Waals surface area contributed by atoms with Gasteiger partial charge in [0.2, 0.25) is 0 Å².